The van der Waals surface area contributed by atoms with Crippen molar-refractivity contribution in [1.29, 1.82) is 0 Å². The lowest BCUT2D eigenvalue weighted by Gasteiger charge is -2.41. The lowest BCUT2D eigenvalue weighted by molar-refractivity contribution is -0.148. The number of carbonyl (C=O) groups excluding carboxylic acids is 4. The predicted molar refractivity (Wildman–Crippen MR) is 247 cm³/mol. The zero-order valence-corrected chi connectivity index (χ0v) is 39.9. The van der Waals surface area contributed by atoms with Crippen LogP contribution in [0, 0.1) is 17.8 Å². The predicted octanol–water partition coefficient (Wildman–Crippen LogP) is 4.39. The van der Waals surface area contributed by atoms with E-state index in [0.717, 1.165) is 56.1 Å². The Hall–Kier alpha value is -3.73. The Bertz CT molecular complexity index is 1710. The summed E-state index contributed by atoms with van der Waals surface area (Å²) in [6, 6.07) is 7.52. The van der Waals surface area contributed by atoms with Gasteiger partial charge in [-0.25, -0.2) is 4.98 Å². The largest absolute Gasteiger partial charge is 0.379 e. The van der Waals surface area contributed by atoms with Gasteiger partial charge in [0.15, 0.2) is 0 Å². The minimum atomic E-state index is -0.809. The van der Waals surface area contributed by atoms with Gasteiger partial charge in [0.05, 0.1) is 42.7 Å². The van der Waals surface area contributed by atoms with Gasteiger partial charge in [0.2, 0.25) is 23.6 Å². The van der Waals surface area contributed by atoms with Gasteiger partial charge in [0, 0.05) is 78.7 Å². The van der Waals surface area contributed by atoms with Crippen molar-refractivity contribution in [3.8, 4) is 0 Å². The van der Waals surface area contributed by atoms with Crippen molar-refractivity contribution in [2.45, 2.75) is 116 Å². The quantitative estimate of drug-likeness (QED) is 0.130. The molecule has 0 unspecified atom stereocenters. The number of aromatic nitrogens is 1. The van der Waals surface area contributed by atoms with E-state index in [1.165, 1.54) is 11.3 Å². The van der Waals surface area contributed by atoms with Crippen LogP contribution in [0.1, 0.15) is 83.8 Å². The van der Waals surface area contributed by atoms with E-state index < -0.39 is 36.3 Å². The number of rotatable bonds is 24. The second-order valence-electron chi connectivity index (χ2n) is 17.8. The van der Waals surface area contributed by atoms with Crippen molar-refractivity contribution in [3.05, 3.63) is 64.6 Å². The molecule has 2 saturated heterocycles. The molecule has 3 heterocycles. The van der Waals surface area contributed by atoms with Gasteiger partial charge >= 0.3 is 0 Å². The molecule has 1 aromatic carbocycles. The number of carbonyl (C=O) groups is 4. The Balaban J connectivity index is 1.46. The first kappa shape index (κ1) is 50.9. The molecule has 0 aliphatic carbocycles. The Labute approximate surface area is 375 Å². The molecule has 2 fully saturated rings. The maximum absolute atomic E-state index is 14.6. The standard InChI is InChI=1S/C47H76N8O6S/c1-12-33(6)42(53(9)47(59)40(31(2)3)51-45(58)41(32(4)5)52(8)26-27-54-24-20-48-21-25-54)38(60-10)30-39(56)55-23-16-19-37(55)43(61-11)34(7)44(57)50-36(46-49-22-28-62-46)29-35-17-14-13-15-18-35/h13-15,17-18,22,28,31,33-34,36-38,40-43,48H,4,12,16,19-21,23-27,29-30H2,1-3,5-11H3,(H,50,57)(H,51,58)/t33-,34+,36-,37-,38+,40-,41-,42-,43+/m0/s1. The molecule has 4 rings (SSSR count). The number of nitrogens with one attached hydrogen (secondary N) is 3. The number of thiazole rings is 1. The molecule has 3 N–H and O–H groups in total. The molecule has 2 aliphatic rings. The SMILES string of the molecule is C=C(C)[C@@H](C(=O)N[C@H](C(=O)N(C)[C@@H]([C@@H](C)CC)[C@@H](CC(=O)N1CCC[C@H]1[C@H](OC)[C@@H](C)C(=O)N[C@@H](Cc1ccccc1)c1nccs1)OC)C(C)C)N(C)CCN1CCNCC1. The Morgan fingerprint density at radius 2 is 1.69 bits per heavy atom. The smallest absolute Gasteiger partial charge is 0.245 e. The molecule has 4 amide bonds. The number of ether oxygens (including phenoxy) is 2. The van der Waals surface area contributed by atoms with Gasteiger partial charge < -0.3 is 35.2 Å². The van der Waals surface area contributed by atoms with Crippen molar-refractivity contribution < 1.29 is 28.7 Å². The number of likely N-dealkylation sites (tertiary alicyclic amines) is 1. The maximum Gasteiger partial charge on any atom is 0.245 e. The molecule has 0 spiro atoms. The topological polar surface area (TPSA) is 149 Å². The third-order valence-corrected chi connectivity index (χ3v) is 13.9. The fourth-order valence-corrected chi connectivity index (χ4v) is 9.88. The van der Waals surface area contributed by atoms with E-state index in [4.69, 9.17) is 9.47 Å². The van der Waals surface area contributed by atoms with Gasteiger partial charge in [-0.3, -0.25) is 29.0 Å². The van der Waals surface area contributed by atoms with Crippen LogP contribution in [0.2, 0.25) is 0 Å². The van der Waals surface area contributed by atoms with E-state index in [1.54, 1.807) is 32.4 Å². The van der Waals surface area contributed by atoms with E-state index in [-0.39, 0.29) is 54.0 Å². The van der Waals surface area contributed by atoms with E-state index >= 15 is 0 Å². The summed E-state index contributed by atoms with van der Waals surface area (Å²) in [6.07, 6.45) is 3.40. The number of hydrogen-bond donors (Lipinski definition) is 3. The Kier molecular flexibility index (Phi) is 20.5. The summed E-state index contributed by atoms with van der Waals surface area (Å²) in [5.74, 6) is -1.58. The second-order valence-corrected chi connectivity index (χ2v) is 18.7. The molecule has 15 heteroatoms. The maximum atomic E-state index is 14.6. The fourth-order valence-electron chi connectivity index (χ4n) is 9.19. The van der Waals surface area contributed by atoms with Crippen molar-refractivity contribution in [1.82, 2.24) is 40.5 Å². The molecule has 346 valence electrons. The number of benzene rings is 1. The first-order chi connectivity index (χ1) is 29.6. The molecule has 2 aliphatic heterocycles. The Morgan fingerprint density at radius 1 is 1.00 bits per heavy atom. The first-order valence-corrected chi connectivity index (χ1v) is 23.5. The zero-order valence-electron chi connectivity index (χ0n) is 39.1. The van der Waals surface area contributed by atoms with Crippen LogP contribution in [0.25, 0.3) is 0 Å². The van der Waals surface area contributed by atoms with Gasteiger partial charge in [-0.05, 0) is 50.6 Å². The number of likely N-dealkylation sites (N-methyl/N-ethyl adjacent to an activating group) is 2. The van der Waals surface area contributed by atoms with Crippen molar-refractivity contribution in [3.63, 3.8) is 0 Å². The van der Waals surface area contributed by atoms with Gasteiger partial charge in [0.25, 0.3) is 0 Å². The highest BCUT2D eigenvalue weighted by atomic mass is 32.1. The molecule has 0 saturated carbocycles. The summed E-state index contributed by atoms with van der Waals surface area (Å²) in [5, 5.41) is 12.5. The summed E-state index contributed by atoms with van der Waals surface area (Å²) < 4.78 is 12.2. The molecule has 14 nitrogen and oxygen atoms in total. The van der Waals surface area contributed by atoms with Crippen LogP contribution in [0.15, 0.2) is 54.1 Å². The molecular formula is C47H76N8O6S. The van der Waals surface area contributed by atoms with E-state index in [9.17, 15) is 19.2 Å². The lowest BCUT2D eigenvalue weighted by atomic mass is 9.89. The normalized spacial score (nSPS) is 19.9. The van der Waals surface area contributed by atoms with Crippen LogP contribution in [-0.4, -0.2) is 159 Å². The highest BCUT2D eigenvalue weighted by Crippen LogP contribution is 2.30. The van der Waals surface area contributed by atoms with Crippen molar-refractivity contribution in [2.24, 2.45) is 17.8 Å². The highest BCUT2D eigenvalue weighted by Gasteiger charge is 2.43. The number of nitrogens with zero attached hydrogens (tertiary/aromatic N) is 5. The molecule has 1 aromatic heterocycles. The average molecular weight is 881 g/mol. The molecular weight excluding hydrogens is 805 g/mol. The monoisotopic (exact) mass is 881 g/mol. The third kappa shape index (κ3) is 13.6. The van der Waals surface area contributed by atoms with E-state index in [2.05, 4.69) is 46.3 Å². The first-order valence-electron chi connectivity index (χ1n) is 22.6. The van der Waals surface area contributed by atoms with Crippen LogP contribution in [-0.2, 0) is 35.1 Å². The minimum absolute atomic E-state index is 0.0315. The minimum Gasteiger partial charge on any atom is -0.379 e. The summed E-state index contributed by atoms with van der Waals surface area (Å²) in [5.41, 5.74) is 1.80. The van der Waals surface area contributed by atoms with Crippen molar-refractivity contribution >= 4 is 35.0 Å². The van der Waals surface area contributed by atoms with Crippen LogP contribution in [0.4, 0.5) is 0 Å². The molecule has 2 aromatic rings. The van der Waals surface area contributed by atoms with Gasteiger partial charge in [-0.15, -0.1) is 11.3 Å². The molecule has 9 atom stereocenters. The molecule has 0 bridgehead atoms. The van der Waals surface area contributed by atoms with Crippen LogP contribution >= 0.6 is 11.3 Å². The summed E-state index contributed by atoms with van der Waals surface area (Å²) in [7, 11) is 6.87. The van der Waals surface area contributed by atoms with Crippen molar-refractivity contribution in [2.75, 3.05) is 74.1 Å². The van der Waals surface area contributed by atoms with Crippen LogP contribution in [0.3, 0.4) is 0 Å². The lowest BCUT2D eigenvalue weighted by Crippen LogP contribution is -2.59. The second kappa shape index (κ2) is 24.9. The van der Waals surface area contributed by atoms with Crippen LogP contribution < -0.4 is 16.0 Å². The van der Waals surface area contributed by atoms with Gasteiger partial charge in [0.1, 0.15) is 17.1 Å². The fraction of sp³-hybridized carbons (Fsp3) is 0.681. The summed E-state index contributed by atoms with van der Waals surface area (Å²) in [4.78, 5) is 69.4. The Morgan fingerprint density at radius 3 is 2.27 bits per heavy atom. The number of hydrogen-bond acceptors (Lipinski definition) is 11. The number of amides is 4. The molecule has 62 heavy (non-hydrogen) atoms. The average Bonchev–Trinajstić information content (AvgIpc) is 3.99. The third-order valence-electron chi connectivity index (χ3n) is 13.0. The number of methoxy groups -OCH3 is 2. The van der Waals surface area contributed by atoms with Gasteiger partial charge in [-0.1, -0.05) is 83.5 Å². The van der Waals surface area contributed by atoms with E-state index in [1.807, 2.05) is 80.3 Å². The zero-order chi connectivity index (χ0) is 45.5. The summed E-state index contributed by atoms with van der Waals surface area (Å²) >= 11 is 1.51. The number of piperazine rings is 1. The van der Waals surface area contributed by atoms with E-state index in [0.29, 0.717) is 31.5 Å². The summed E-state index contributed by atoms with van der Waals surface area (Å²) in [6.45, 7) is 21.7. The van der Waals surface area contributed by atoms with Crippen LogP contribution in [0.5, 0.6) is 0 Å². The highest BCUT2D eigenvalue weighted by molar-refractivity contribution is 7.09. The van der Waals surface area contributed by atoms with Gasteiger partial charge in [-0.2, -0.15) is 0 Å². The molecule has 0 radical (unpaired) electrons.